The van der Waals surface area contributed by atoms with E-state index in [0.29, 0.717) is 12.0 Å². The number of rotatable bonds is 6. The van der Waals surface area contributed by atoms with Gasteiger partial charge >= 0.3 is 0 Å². The number of hydrogen-bond acceptors (Lipinski definition) is 3. The Balaban J connectivity index is 2.30. The molecule has 0 bridgehead atoms. The van der Waals surface area contributed by atoms with Crippen molar-refractivity contribution in [3.63, 3.8) is 0 Å². The largest absolute Gasteiger partial charge is 0.489 e. The molecule has 0 aromatic heterocycles. The summed E-state index contributed by atoms with van der Waals surface area (Å²) in [5.41, 5.74) is 8.35. The molecule has 0 amide bonds. The predicted octanol–water partition coefficient (Wildman–Crippen LogP) is 4.46. The van der Waals surface area contributed by atoms with Gasteiger partial charge in [0.15, 0.2) is 0 Å². The van der Waals surface area contributed by atoms with Crippen molar-refractivity contribution in [2.45, 2.75) is 65.5 Å². The minimum atomic E-state index is 0.146. The lowest BCUT2D eigenvalue weighted by molar-refractivity contribution is 0.244. The van der Waals surface area contributed by atoms with Crippen molar-refractivity contribution in [2.75, 3.05) is 17.2 Å². The van der Waals surface area contributed by atoms with Crippen LogP contribution in [-0.2, 0) is 0 Å². The summed E-state index contributed by atoms with van der Waals surface area (Å²) in [6, 6.07) is 6.81. The zero-order valence-electron chi connectivity index (χ0n) is 13.9. The van der Waals surface area contributed by atoms with Gasteiger partial charge < -0.3 is 15.4 Å². The van der Waals surface area contributed by atoms with E-state index in [4.69, 9.17) is 10.5 Å². The average molecular weight is 290 g/mol. The number of benzene rings is 1. The second-order valence-corrected chi connectivity index (χ2v) is 6.84. The molecule has 118 valence electrons. The molecule has 0 atom stereocenters. The van der Waals surface area contributed by atoms with E-state index in [9.17, 15) is 0 Å². The molecule has 1 aromatic rings. The second-order valence-electron chi connectivity index (χ2n) is 6.84. The number of nitrogen functional groups attached to an aromatic ring is 1. The predicted molar refractivity (Wildman–Crippen MR) is 91.1 cm³/mol. The Morgan fingerprint density at radius 3 is 2.43 bits per heavy atom. The van der Waals surface area contributed by atoms with Crippen molar-refractivity contribution in [1.29, 1.82) is 0 Å². The van der Waals surface area contributed by atoms with Crippen molar-refractivity contribution in [3.8, 4) is 5.75 Å². The number of nitrogens with zero attached hydrogens (tertiary/aromatic N) is 1. The van der Waals surface area contributed by atoms with Crippen LogP contribution in [0.2, 0.25) is 0 Å². The molecule has 2 rings (SSSR count). The highest BCUT2D eigenvalue weighted by Crippen LogP contribution is 2.37. The molecule has 1 saturated carbocycles. The van der Waals surface area contributed by atoms with Crippen LogP contribution in [0.25, 0.3) is 0 Å². The van der Waals surface area contributed by atoms with Gasteiger partial charge in [-0.3, -0.25) is 0 Å². The number of nitrogens with two attached hydrogens (primary N) is 1. The molecule has 0 heterocycles. The molecule has 0 radical (unpaired) electrons. The number of hydrogen-bond donors (Lipinski definition) is 1. The molecule has 1 aromatic carbocycles. The van der Waals surface area contributed by atoms with E-state index in [0.717, 1.165) is 23.7 Å². The maximum atomic E-state index is 6.41. The highest BCUT2D eigenvalue weighted by molar-refractivity contribution is 5.74. The normalized spacial score (nSPS) is 15.9. The topological polar surface area (TPSA) is 38.5 Å². The Kier molecular flexibility index (Phi) is 5.38. The lowest BCUT2D eigenvalue weighted by Gasteiger charge is -2.34. The number of ether oxygens (including phenoxy) is 1. The SMILES string of the molecule is CC(C)CN(c1cccc(OC(C)C)c1N)C1CCCC1. The zero-order valence-corrected chi connectivity index (χ0v) is 13.9. The quantitative estimate of drug-likeness (QED) is 0.786. The molecular weight excluding hydrogens is 260 g/mol. The van der Waals surface area contributed by atoms with Gasteiger partial charge in [-0.2, -0.15) is 0 Å². The summed E-state index contributed by atoms with van der Waals surface area (Å²) < 4.78 is 5.85. The van der Waals surface area contributed by atoms with Gasteiger partial charge in [-0.25, -0.2) is 0 Å². The molecule has 0 unspecified atom stereocenters. The first-order valence-electron chi connectivity index (χ1n) is 8.30. The first kappa shape index (κ1) is 16.0. The molecule has 0 aliphatic heterocycles. The van der Waals surface area contributed by atoms with Gasteiger partial charge in [0.05, 0.1) is 17.5 Å². The van der Waals surface area contributed by atoms with Crippen molar-refractivity contribution in [3.05, 3.63) is 18.2 Å². The van der Waals surface area contributed by atoms with Crippen LogP contribution < -0.4 is 15.4 Å². The van der Waals surface area contributed by atoms with E-state index in [-0.39, 0.29) is 6.10 Å². The molecule has 1 aliphatic rings. The van der Waals surface area contributed by atoms with E-state index >= 15 is 0 Å². The van der Waals surface area contributed by atoms with Crippen LogP contribution >= 0.6 is 0 Å². The third-order valence-corrected chi connectivity index (χ3v) is 4.04. The van der Waals surface area contributed by atoms with E-state index < -0.39 is 0 Å². The van der Waals surface area contributed by atoms with E-state index in [2.05, 4.69) is 30.9 Å². The summed E-state index contributed by atoms with van der Waals surface area (Å²) in [7, 11) is 0. The fourth-order valence-electron chi connectivity index (χ4n) is 3.19. The highest BCUT2D eigenvalue weighted by Gasteiger charge is 2.25. The Morgan fingerprint density at radius 2 is 1.86 bits per heavy atom. The fraction of sp³-hybridized carbons (Fsp3) is 0.667. The standard InChI is InChI=1S/C18H30N2O/c1-13(2)12-20(15-8-5-6-9-15)16-10-7-11-17(18(16)19)21-14(3)4/h7,10-11,13-15H,5-6,8-9,12,19H2,1-4H3. The lowest BCUT2D eigenvalue weighted by atomic mass is 10.1. The summed E-state index contributed by atoms with van der Waals surface area (Å²) in [4.78, 5) is 2.51. The van der Waals surface area contributed by atoms with Gasteiger partial charge in [0.2, 0.25) is 0 Å². The van der Waals surface area contributed by atoms with Crippen LogP contribution in [0.4, 0.5) is 11.4 Å². The Bertz CT molecular complexity index is 451. The van der Waals surface area contributed by atoms with Crippen LogP contribution in [-0.4, -0.2) is 18.7 Å². The van der Waals surface area contributed by atoms with Gasteiger partial charge in [-0.15, -0.1) is 0 Å². The van der Waals surface area contributed by atoms with Gasteiger partial charge in [-0.05, 0) is 44.7 Å². The van der Waals surface area contributed by atoms with Crippen molar-refractivity contribution >= 4 is 11.4 Å². The highest BCUT2D eigenvalue weighted by atomic mass is 16.5. The Hall–Kier alpha value is -1.38. The summed E-state index contributed by atoms with van der Waals surface area (Å²) in [5.74, 6) is 1.44. The van der Waals surface area contributed by atoms with Gasteiger partial charge in [-0.1, -0.05) is 32.8 Å². The first-order chi connectivity index (χ1) is 9.99. The summed E-state index contributed by atoms with van der Waals surface area (Å²) in [6.07, 6.45) is 5.37. The Morgan fingerprint density at radius 1 is 1.19 bits per heavy atom. The molecular formula is C18H30N2O. The van der Waals surface area contributed by atoms with E-state index in [1.165, 1.54) is 25.7 Å². The van der Waals surface area contributed by atoms with Crippen LogP contribution in [0.15, 0.2) is 18.2 Å². The summed E-state index contributed by atoms with van der Waals surface area (Å²) >= 11 is 0. The molecule has 1 fully saturated rings. The maximum Gasteiger partial charge on any atom is 0.144 e. The van der Waals surface area contributed by atoms with Crippen LogP contribution in [0.5, 0.6) is 5.75 Å². The maximum absolute atomic E-state index is 6.41. The van der Waals surface area contributed by atoms with Crippen LogP contribution in [0.3, 0.4) is 0 Å². The molecule has 21 heavy (non-hydrogen) atoms. The summed E-state index contributed by atoms with van der Waals surface area (Å²) in [6.45, 7) is 9.67. The number of para-hydroxylation sites is 1. The molecule has 0 spiro atoms. The minimum Gasteiger partial charge on any atom is -0.489 e. The van der Waals surface area contributed by atoms with Crippen molar-refractivity contribution in [1.82, 2.24) is 0 Å². The van der Waals surface area contributed by atoms with Crippen LogP contribution in [0, 0.1) is 5.92 Å². The zero-order chi connectivity index (χ0) is 15.4. The number of anilines is 2. The monoisotopic (exact) mass is 290 g/mol. The van der Waals surface area contributed by atoms with E-state index in [1.54, 1.807) is 0 Å². The third-order valence-electron chi connectivity index (χ3n) is 4.04. The molecule has 3 heteroatoms. The smallest absolute Gasteiger partial charge is 0.144 e. The van der Waals surface area contributed by atoms with Crippen molar-refractivity contribution < 1.29 is 4.74 Å². The third kappa shape index (κ3) is 4.05. The Labute approximate surface area is 129 Å². The minimum absolute atomic E-state index is 0.146. The van der Waals surface area contributed by atoms with Crippen molar-refractivity contribution in [2.24, 2.45) is 5.92 Å². The lowest BCUT2D eigenvalue weighted by Crippen LogP contribution is -2.36. The van der Waals surface area contributed by atoms with Gasteiger partial charge in [0.1, 0.15) is 5.75 Å². The summed E-state index contributed by atoms with van der Waals surface area (Å²) in [5, 5.41) is 0. The molecule has 3 nitrogen and oxygen atoms in total. The average Bonchev–Trinajstić information content (AvgIpc) is 2.92. The second kappa shape index (κ2) is 7.06. The van der Waals surface area contributed by atoms with E-state index in [1.807, 2.05) is 19.9 Å². The first-order valence-corrected chi connectivity index (χ1v) is 8.30. The molecule has 1 aliphatic carbocycles. The molecule has 0 saturated heterocycles. The van der Waals surface area contributed by atoms with Crippen LogP contribution in [0.1, 0.15) is 53.4 Å². The van der Waals surface area contributed by atoms with Gasteiger partial charge in [0, 0.05) is 12.6 Å². The molecule has 2 N–H and O–H groups in total. The van der Waals surface area contributed by atoms with Gasteiger partial charge in [0.25, 0.3) is 0 Å². The fourth-order valence-corrected chi connectivity index (χ4v) is 3.19.